The Balaban J connectivity index is 1.43. The van der Waals surface area contributed by atoms with Gasteiger partial charge in [-0.3, -0.25) is 9.59 Å². The summed E-state index contributed by atoms with van der Waals surface area (Å²) in [6.45, 7) is 3.75. The lowest BCUT2D eigenvalue weighted by Crippen LogP contribution is -2.49. The number of carbonyl (C=O) groups is 2. The Kier molecular flexibility index (Phi) is 7.70. The first-order valence-electron chi connectivity index (χ1n) is 13.5. The van der Waals surface area contributed by atoms with E-state index < -0.39 is 35.9 Å². The van der Waals surface area contributed by atoms with Gasteiger partial charge in [0.1, 0.15) is 29.5 Å². The number of amides is 2. The predicted molar refractivity (Wildman–Crippen MR) is 140 cm³/mol. The van der Waals surface area contributed by atoms with Crippen molar-refractivity contribution in [3.8, 4) is 17.0 Å². The zero-order valence-corrected chi connectivity index (χ0v) is 22.2. The van der Waals surface area contributed by atoms with E-state index in [1.807, 2.05) is 0 Å². The Morgan fingerprint density at radius 3 is 2.58 bits per heavy atom. The minimum atomic E-state index is -4.57. The molecule has 2 amide bonds. The highest BCUT2D eigenvalue weighted by Crippen LogP contribution is 2.40. The van der Waals surface area contributed by atoms with Crippen LogP contribution in [0.4, 0.5) is 17.6 Å². The van der Waals surface area contributed by atoms with Crippen LogP contribution in [0.15, 0.2) is 24.5 Å². The molecule has 8 nitrogen and oxygen atoms in total. The van der Waals surface area contributed by atoms with Gasteiger partial charge >= 0.3 is 6.18 Å². The van der Waals surface area contributed by atoms with Crippen LogP contribution in [0.25, 0.3) is 22.3 Å². The molecule has 0 bridgehead atoms. The van der Waals surface area contributed by atoms with Crippen molar-refractivity contribution in [2.75, 3.05) is 6.61 Å². The average molecular weight is 562 g/mol. The number of ether oxygens (including phenoxy) is 1. The van der Waals surface area contributed by atoms with Gasteiger partial charge in [0.2, 0.25) is 5.91 Å². The topological polar surface area (TPSA) is 109 Å². The molecule has 3 atom stereocenters. The van der Waals surface area contributed by atoms with E-state index in [2.05, 4.69) is 25.6 Å². The fraction of sp³-hybridized carbons (Fsp3) is 0.500. The summed E-state index contributed by atoms with van der Waals surface area (Å²) in [7, 11) is 0. The predicted octanol–water partition coefficient (Wildman–Crippen LogP) is 5.26. The van der Waals surface area contributed by atoms with Crippen LogP contribution in [0.5, 0.6) is 5.75 Å². The zero-order chi connectivity index (χ0) is 28.6. The Labute approximate surface area is 228 Å². The number of aryl methyl sites for hydroxylation is 1. The third kappa shape index (κ3) is 5.90. The molecule has 2 saturated carbocycles. The Bertz CT molecular complexity index is 1420. The number of halogens is 4. The largest absolute Gasteiger partial charge is 0.493 e. The third-order valence-electron chi connectivity index (χ3n) is 7.51. The van der Waals surface area contributed by atoms with Crippen molar-refractivity contribution in [3.05, 3.63) is 41.3 Å². The van der Waals surface area contributed by atoms with Crippen molar-refractivity contribution >= 4 is 22.8 Å². The maximum absolute atomic E-state index is 14.7. The molecule has 3 aromatic rings. The Hall–Kier alpha value is -3.70. The van der Waals surface area contributed by atoms with Gasteiger partial charge in [0.15, 0.2) is 0 Å². The summed E-state index contributed by atoms with van der Waals surface area (Å²) in [6.07, 6.45) is -1.46. The SMILES string of the molecule is CCC(=O)N[C@H]1CC[C@@H](NC(=O)c2c(C)[nH]c3c(-c4cc(C(F)(F)F)ccc4OCC4CC4)ncnc23)C[C@H]1F. The van der Waals surface area contributed by atoms with Gasteiger partial charge in [-0.2, -0.15) is 13.2 Å². The number of benzene rings is 1. The van der Waals surface area contributed by atoms with Gasteiger partial charge in [-0.15, -0.1) is 0 Å². The number of aromatic nitrogens is 3. The molecule has 1 aromatic carbocycles. The van der Waals surface area contributed by atoms with E-state index in [1.165, 1.54) is 12.4 Å². The van der Waals surface area contributed by atoms with Crippen molar-refractivity contribution in [1.82, 2.24) is 25.6 Å². The van der Waals surface area contributed by atoms with Crippen molar-refractivity contribution < 1.29 is 31.9 Å². The molecular weight excluding hydrogens is 530 g/mol. The van der Waals surface area contributed by atoms with E-state index in [0.29, 0.717) is 36.6 Å². The number of nitrogens with one attached hydrogen (secondary N) is 3. The summed E-state index contributed by atoms with van der Waals surface area (Å²) in [4.78, 5) is 36.6. The number of H-pyrrole nitrogens is 1. The fourth-order valence-corrected chi connectivity index (χ4v) is 5.09. The van der Waals surface area contributed by atoms with Crippen LogP contribution >= 0.6 is 0 Å². The minimum Gasteiger partial charge on any atom is -0.493 e. The fourth-order valence-electron chi connectivity index (χ4n) is 5.09. The van der Waals surface area contributed by atoms with Crippen molar-refractivity contribution in [2.45, 2.75) is 76.8 Å². The van der Waals surface area contributed by atoms with Crippen LogP contribution in [0, 0.1) is 12.8 Å². The van der Waals surface area contributed by atoms with E-state index >= 15 is 0 Å². The summed E-state index contributed by atoms with van der Waals surface area (Å²) >= 11 is 0. The molecule has 0 radical (unpaired) electrons. The molecule has 0 unspecified atom stereocenters. The summed E-state index contributed by atoms with van der Waals surface area (Å²) in [5.74, 6) is -0.0534. The van der Waals surface area contributed by atoms with Gasteiger partial charge < -0.3 is 20.4 Å². The summed E-state index contributed by atoms with van der Waals surface area (Å²) in [6, 6.07) is 2.23. The molecule has 5 rings (SSSR count). The van der Waals surface area contributed by atoms with Crippen LogP contribution in [-0.4, -0.2) is 51.6 Å². The highest BCUT2D eigenvalue weighted by molar-refractivity contribution is 6.09. The number of rotatable bonds is 8. The highest BCUT2D eigenvalue weighted by atomic mass is 19.4. The normalized spacial score (nSPS) is 21.3. The van der Waals surface area contributed by atoms with E-state index in [-0.39, 0.29) is 46.8 Å². The lowest BCUT2D eigenvalue weighted by atomic mass is 9.89. The molecule has 0 aliphatic heterocycles. The minimum absolute atomic E-state index is 0.0496. The molecule has 2 aromatic heterocycles. The number of fused-ring (bicyclic) bond motifs is 1. The average Bonchev–Trinajstić information content (AvgIpc) is 3.67. The number of hydrogen-bond acceptors (Lipinski definition) is 5. The third-order valence-corrected chi connectivity index (χ3v) is 7.51. The first-order chi connectivity index (χ1) is 19.0. The maximum Gasteiger partial charge on any atom is 0.416 e. The molecule has 40 heavy (non-hydrogen) atoms. The molecule has 2 aliphatic rings. The van der Waals surface area contributed by atoms with Crippen LogP contribution in [0.1, 0.15) is 67.1 Å². The lowest BCUT2D eigenvalue weighted by Gasteiger charge is -2.32. The van der Waals surface area contributed by atoms with E-state index in [9.17, 15) is 27.2 Å². The van der Waals surface area contributed by atoms with Crippen LogP contribution in [0.3, 0.4) is 0 Å². The standard InChI is InChI=1S/C28H31F4N5O3/c1-3-22(38)37-20-8-7-17(11-19(20)29)36-27(39)23-14(2)35-26-24(33-13-34-25(23)26)18-10-16(28(30,31)32)6-9-21(18)40-12-15-4-5-15/h6,9-10,13,15,17,19-20,35H,3-5,7-8,11-12H2,1-2H3,(H,36,39)(H,37,38)/t17-,19-,20+/m1/s1. The number of hydrogen-bond donors (Lipinski definition) is 3. The van der Waals surface area contributed by atoms with Gasteiger partial charge in [-0.1, -0.05) is 6.92 Å². The molecule has 0 saturated heterocycles. The molecule has 214 valence electrons. The monoisotopic (exact) mass is 561 g/mol. The van der Waals surface area contributed by atoms with Gasteiger partial charge in [0.05, 0.1) is 29.3 Å². The van der Waals surface area contributed by atoms with E-state index in [1.54, 1.807) is 13.8 Å². The quantitative estimate of drug-likeness (QED) is 0.325. The smallest absolute Gasteiger partial charge is 0.416 e. The van der Waals surface area contributed by atoms with Crippen molar-refractivity contribution in [2.24, 2.45) is 5.92 Å². The maximum atomic E-state index is 14.7. The number of alkyl halides is 4. The van der Waals surface area contributed by atoms with E-state index in [4.69, 9.17) is 4.74 Å². The summed E-state index contributed by atoms with van der Waals surface area (Å²) in [5, 5.41) is 5.55. The first-order valence-corrected chi connectivity index (χ1v) is 13.5. The van der Waals surface area contributed by atoms with Gasteiger partial charge in [-0.05, 0) is 56.7 Å². The Morgan fingerprint density at radius 1 is 1.12 bits per heavy atom. The Morgan fingerprint density at radius 2 is 1.90 bits per heavy atom. The van der Waals surface area contributed by atoms with Gasteiger partial charge in [0, 0.05) is 30.1 Å². The molecule has 2 fully saturated rings. The highest BCUT2D eigenvalue weighted by Gasteiger charge is 2.34. The van der Waals surface area contributed by atoms with Gasteiger partial charge in [0.25, 0.3) is 5.91 Å². The molecule has 2 heterocycles. The molecular formula is C28H31F4N5O3. The van der Waals surface area contributed by atoms with Gasteiger partial charge in [-0.25, -0.2) is 14.4 Å². The lowest BCUT2D eigenvalue weighted by molar-refractivity contribution is -0.137. The first kappa shape index (κ1) is 27.9. The second-order valence-electron chi connectivity index (χ2n) is 10.6. The second kappa shape index (κ2) is 11.1. The number of carbonyl (C=O) groups excluding carboxylic acids is 2. The molecule has 2 aliphatic carbocycles. The van der Waals surface area contributed by atoms with Crippen molar-refractivity contribution in [1.29, 1.82) is 0 Å². The van der Waals surface area contributed by atoms with Crippen LogP contribution in [0.2, 0.25) is 0 Å². The summed E-state index contributed by atoms with van der Waals surface area (Å²) in [5.41, 5.74) is 0.677. The number of aromatic amines is 1. The molecule has 12 heteroatoms. The van der Waals surface area contributed by atoms with Crippen LogP contribution < -0.4 is 15.4 Å². The second-order valence-corrected chi connectivity index (χ2v) is 10.6. The van der Waals surface area contributed by atoms with Crippen molar-refractivity contribution in [3.63, 3.8) is 0 Å². The van der Waals surface area contributed by atoms with E-state index in [0.717, 1.165) is 25.0 Å². The van der Waals surface area contributed by atoms with Crippen LogP contribution in [-0.2, 0) is 11.0 Å². The molecule has 3 N–H and O–H groups in total. The summed E-state index contributed by atoms with van der Waals surface area (Å²) < 4.78 is 61.4. The molecule has 0 spiro atoms. The number of nitrogens with zero attached hydrogens (tertiary/aromatic N) is 2. The zero-order valence-electron chi connectivity index (χ0n) is 22.2.